The Balaban J connectivity index is 1.00. The molecule has 0 amide bonds. The van der Waals surface area contributed by atoms with E-state index in [9.17, 15) is 0 Å². The molecule has 0 N–H and O–H groups in total. The zero-order valence-corrected chi connectivity index (χ0v) is 33.0. The average molecular weight is 778 g/mol. The molecule has 4 nitrogen and oxygen atoms in total. The van der Waals surface area contributed by atoms with Gasteiger partial charge in [0.15, 0.2) is 17.5 Å². The van der Waals surface area contributed by atoms with Crippen molar-refractivity contribution >= 4 is 54.3 Å². The summed E-state index contributed by atoms with van der Waals surface area (Å²) in [6.07, 6.45) is 0. The van der Waals surface area contributed by atoms with Gasteiger partial charge in [-0.15, -0.1) is 0 Å². The molecule has 2 aromatic heterocycles. The third-order valence-corrected chi connectivity index (χ3v) is 11.9. The molecular weight excluding hydrogens is 743 g/mol. The van der Waals surface area contributed by atoms with Crippen molar-refractivity contribution in [1.82, 2.24) is 15.0 Å². The Kier molecular flexibility index (Phi) is 8.13. The predicted octanol–water partition coefficient (Wildman–Crippen LogP) is 15.2. The zero-order valence-electron chi connectivity index (χ0n) is 33.0. The van der Waals surface area contributed by atoms with Gasteiger partial charge in [-0.25, -0.2) is 15.0 Å². The maximum Gasteiger partial charge on any atom is 0.164 e. The molecule has 0 saturated heterocycles. The molecule has 0 fully saturated rings. The lowest BCUT2D eigenvalue weighted by atomic mass is 9.92. The third-order valence-electron chi connectivity index (χ3n) is 11.9. The number of nitrogens with zero attached hydrogens (tertiary/aromatic N) is 3. The second-order valence-corrected chi connectivity index (χ2v) is 15.5. The van der Waals surface area contributed by atoms with Crippen molar-refractivity contribution in [3.05, 3.63) is 212 Å². The molecule has 0 saturated carbocycles. The highest BCUT2D eigenvalue weighted by Crippen LogP contribution is 2.44. The fourth-order valence-electron chi connectivity index (χ4n) is 8.90. The van der Waals surface area contributed by atoms with Crippen molar-refractivity contribution in [2.75, 3.05) is 0 Å². The highest BCUT2D eigenvalue weighted by molar-refractivity contribution is 6.19. The summed E-state index contributed by atoms with van der Waals surface area (Å²) in [6, 6.07) is 74.7. The number of benzene rings is 10. The van der Waals surface area contributed by atoms with Crippen LogP contribution >= 0.6 is 0 Å². The van der Waals surface area contributed by atoms with Crippen LogP contribution < -0.4 is 0 Å². The average Bonchev–Trinajstić information content (AvgIpc) is 3.70. The van der Waals surface area contributed by atoms with E-state index in [0.717, 1.165) is 77.0 Å². The van der Waals surface area contributed by atoms with E-state index in [4.69, 9.17) is 19.4 Å². The Bertz CT molecular complexity index is 3630. The van der Waals surface area contributed by atoms with Gasteiger partial charge < -0.3 is 4.42 Å². The summed E-state index contributed by atoms with van der Waals surface area (Å²) < 4.78 is 6.81. The summed E-state index contributed by atoms with van der Waals surface area (Å²) in [6.45, 7) is 0. The first-order valence-electron chi connectivity index (χ1n) is 20.6. The Morgan fingerprint density at radius 1 is 0.279 bits per heavy atom. The van der Waals surface area contributed by atoms with Crippen LogP contribution in [-0.2, 0) is 0 Å². The van der Waals surface area contributed by atoms with Crippen molar-refractivity contribution in [2.45, 2.75) is 0 Å². The molecule has 284 valence electrons. The van der Waals surface area contributed by atoms with E-state index in [0.29, 0.717) is 17.5 Å². The molecule has 0 aliphatic heterocycles. The summed E-state index contributed by atoms with van der Waals surface area (Å²) in [5, 5.41) is 9.02. The lowest BCUT2D eigenvalue weighted by molar-refractivity contribution is 0.670. The van der Waals surface area contributed by atoms with Crippen LogP contribution in [0.15, 0.2) is 217 Å². The van der Waals surface area contributed by atoms with Crippen LogP contribution in [0.25, 0.3) is 122 Å². The fraction of sp³-hybridized carbons (Fsp3) is 0. The Morgan fingerprint density at radius 2 is 0.820 bits per heavy atom. The maximum atomic E-state index is 6.81. The minimum atomic E-state index is 0.632. The van der Waals surface area contributed by atoms with Gasteiger partial charge in [0.25, 0.3) is 0 Å². The van der Waals surface area contributed by atoms with Gasteiger partial charge in [-0.3, -0.25) is 0 Å². The Labute approximate surface area is 352 Å². The number of fused-ring (bicyclic) bond motifs is 6. The predicted molar refractivity (Wildman–Crippen MR) is 252 cm³/mol. The SMILES string of the molecule is c1ccc(-c2ccc(-c3c4ccccc4cc4c3oc3ccc(-c5ccc(-c6nc(-c7ccccc7)nc(-c7ccc8ccccc8c7)n6)c6ccccc56)cc34)cc2)cc1. The van der Waals surface area contributed by atoms with Crippen molar-refractivity contribution in [3.8, 4) is 67.5 Å². The van der Waals surface area contributed by atoms with Crippen LogP contribution in [-0.4, -0.2) is 15.0 Å². The van der Waals surface area contributed by atoms with Crippen LogP contribution in [0.1, 0.15) is 0 Å². The van der Waals surface area contributed by atoms with Crippen molar-refractivity contribution < 1.29 is 4.42 Å². The molecule has 12 aromatic rings. The van der Waals surface area contributed by atoms with Crippen LogP contribution in [0, 0.1) is 0 Å². The smallest absolute Gasteiger partial charge is 0.164 e. The van der Waals surface area contributed by atoms with Gasteiger partial charge in [-0.1, -0.05) is 182 Å². The van der Waals surface area contributed by atoms with Crippen molar-refractivity contribution in [3.63, 3.8) is 0 Å². The molecule has 0 aliphatic rings. The number of hydrogen-bond donors (Lipinski definition) is 0. The molecule has 0 aliphatic carbocycles. The van der Waals surface area contributed by atoms with Gasteiger partial charge in [-0.2, -0.15) is 0 Å². The van der Waals surface area contributed by atoms with Gasteiger partial charge in [-0.05, 0) is 90.5 Å². The molecule has 10 aromatic carbocycles. The first-order valence-corrected chi connectivity index (χ1v) is 20.6. The topological polar surface area (TPSA) is 51.8 Å². The molecule has 0 bridgehead atoms. The maximum absolute atomic E-state index is 6.81. The molecule has 4 heteroatoms. The highest BCUT2D eigenvalue weighted by atomic mass is 16.3. The van der Waals surface area contributed by atoms with E-state index in [-0.39, 0.29) is 0 Å². The van der Waals surface area contributed by atoms with Gasteiger partial charge in [0.2, 0.25) is 0 Å². The summed E-state index contributed by atoms with van der Waals surface area (Å²) in [4.78, 5) is 15.3. The third kappa shape index (κ3) is 6.04. The van der Waals surface area contributed by atoms with Gasteiger partial charge in [0.1, 0.15) is 11.2 Å². The number of aromatic nitrogens is 3. The fourth-order valence-corrected chi connectivity index (χ4v) is 8.90. The van der Waals surface area contributed by atoms with Crippen LogP contribution in [0.4, 0.5) is 0 Å². The Hall–Kier alpha value is -8.21. The monoisotopic (exact) mass is 777 g/mol. The molecule has 0 radical (unpaired) electrons. The van der Waals surface area contributed by atoms with Gasteiger partial charge >= 0.3 is 0 Å². The van der Waals surface area contributed by atoms with Gasteiger partial charge in [0.05, 0.1) is 0 Å². The molecule has 61 heavy (non-hydrogen) atoms. The van der Waals surface area contributed by atoms with Crippen LogP contribution in [0.2, 0.25) is 0 Å². The largest absolute Gasteiger partial charge is 0.455 e. The zero-order chi connectivity index (χ0) is 40.3. The number of hydrogen-bond acceptors (Lipinski definition) is 4. The summed E-state index contributed by atoms with van der Waals surface area (Å²) in [7, 11) is 0. The molecule has 0 spiro atoms. The quantitative estimate of drug-likeness (QED) is 0.169. The number of rotatable bonds is 6. The van der Waals surface area contributed by atoms with E-state index >= 15 is 0 Å². The minimum absolute atomic E-state index is 0.632. The molecule has 0 atom stereocenters. The lowest BCUT2D eigenvalue weighted by Gasteiger charge is -2.13. The molecule has 0 unspecified atom stereocenters. The standard InChI is InChI=1S/C57H35N3O/c1-3-13-36(14-4-1)38-23-26-39(27-24-38)53-46-20-10-9-19-42(46)35-51-50-34-43(29-32-52(50)61-54(51)53)45-30-31-49(48-22-12-11-21-47(45)48)57-59-55(40-16-5-2-6-17-40)58-56(60-57)44-28-25-37-15-7-8-18-41(37)33-44/h1-35H. The molecule has 2 heterocycles. The van der Waals surface area contributed by atoms with Crippen molar-refractivity contribution in [2.24, 2.45) is 0 Å². The van der Waals surface area contributed by atoms with E-state index in [1.54, 1.807) is 0 Å². The first kappa shape index (κ1) is 34.8. The lowest BCUT2D eigenvalue weighted by Crippen LogP contribution is -2.00. The highest BCUT2D eigenvalue weighted by Gasteiger charge is 2.20. The number of furan rings is 1. The van der Waals surface area contributed by atoms with Gasteiger partial charge in [0, 0.05) is 33.0 Å². The van der Waals surface area contributed by atoms with E-state index < -0.39 is 0 Å². The van der Waals surface area contributed by atoms with Crippen LogP contribution in [0.5, 0.6) is 0 Å². The summed E-state index contributed by atoms with van der Waals surface area (Å²) in [5.74, 6) is 1.91. The van der Waals surface area contributed by atoms with E-state index in [1.807, 2.05) is 30.3 Å². The second-order valence-electron chi connectivity index (χ2n) is 15.5. The van der Waals surface area contributed by atoms with E-state index in [1.165, 1.54) is 27.3 Å². The first-order chi connectivity index (χ1) is 30.2. The van der Waals surface area contributed by atoms with E-state index in [2.05, 4.69) is 182 Å². The normalized spacial score (nSPS) is 11.6. The van der Waals surface area contributed by atoms with Crippen molar-refractivity contribution in [1.29, 1.82) is 0 Å². The Morgan fingerprint density at radius 3 is 1.59 bits per heavy atom. The minimum Gasteiger partial charge on any atom is -0.455 e. The summed E-state index contributed by atoms with van der Waals surface area (Å²) >= 11 is 0. The molecule has 12 rings (SSSR count). The molecular formula is C57H35N3O. The second kappa shape index (κ2) is 14.3. The summed E-state index contributed by atoms with van der Waals surface area (Å²) in [5.41, 5.74) is 11.4. The van der Waals surface area contributed by atoms with Crippen LogP contribution in [0.3, 0.4) is 0 Å².